The van der Waals surface area contributed by atoms with Crippen LogP contribution in [-0.2, 0) is 4.79 Å². The summed E-state index contributed by atoms with van der Waals surface area (Å²) in [6.45, 7) is 1.77. The molecule has 0 saturated heterocycles. The molecule has 0 radical (unpaired) electrons. The first-order valence-electron chi connectivity index (χ1n) is 6.21. The van der Waals surface area contributed by atoms with Gasteiger partial charge in [0.05, 0.1) is 11.1 Å². The van der Waals surface area contributed by atoms with Crippen molar-refractivity contribution >= 4 is 17.8 Å². The van der Waals surface area contributed by atoms with Gasteiger partial charge in [-0.1, -0.05) is 12.1 Å². The molecule has 102 valence electrons. The van der Waals surface area contributed by atoms with E-state index in [1.54, 1.807) is 31.2 Å². The number of carbonyl (C=O) groups is 3. The third kappa shape index (κ3) is 3.29. The maximum Gasteiger partial charge on any atom is 1.00 e. The molecule has 1 aliphatic heterocycles. The molecular weight excluding hydrogens is 269 g/mol. The molecule has 0 spiro atoms. The Morgan fingerprint density at radius 3 is 2.20 bits per heavy atom. The summed E-state index contributed by atoms with van der Waals surface area (Å²) < 4.78 is 0. The van der Waals surface area contributed by atoms with Crippen molar-refractivity contribution in [2.24, 2.45) is 0 Å². The molecule has 20 heavy (non-hydrogen) atoms. The fourth-order valence-electron chi connectivity index (χ4n) is 2.29. The molecule has 2 amide bonds. The summed E-state index contributed by atoms with van der Waals surface area (Å²) in [6.07, 6.45) is 0.995. The summed E-state index contributed by atoms with van der Waals surface area (Å²) in [5.74, 6) is -1.44. The van der Waals surface area contributed by atoms with Gasteiger partial charge in [0, 0.05) is 12.5 Å². The fourth-order valence-corrected chi connectivity index (χ4v) is 2.29. The van der Waals surface area contributed by atoms with Crippen LogP contribution in [0.4, 0.5) is 0 Å². The van der Waals surface area contributed by atoms with E-state index in [9.17, 15) is 14.4 Å². The van der Waals surface area contributed by atoms with Crippen LogP contribution in [-0.4, -0.2) is 33.8 Å². The van der Waals surface area contributed by atoms with Crippen LogP contribution in [0.25, 0.3) is 0 Å². The van der Waals surface area contributed by atoms with Gasteiger partial charge < -0.3 is 6.53 Å². The van der Waals surface area contributed by atoms with Gasteiger partial charge in [0.2, 0.25) is 0 Å². The number of carboxylic acids is 1. The maximum absolute atomic E-state index is 12.1. The number of hydrogen-bond acceptors (Lipinski definition) is 3. The van der Waals surface area contributed by atoms with Crippen LogP contribution < -0.4 is 29.6 Å². The normalized spacial score (nSPS) is 14.8. The molecule has 0 aromatic heterocycles. The monoisotopic (exact) mass is 285 g/mol. The van der Waals surface area contributed by atoms with Gasteiger partial charge in [-0.15, -0.1) is 0 Å². The van der Waals surface area contributed by atoms with E-state index in [0.717, 1.165) is 0 Å². The Hall–Kier alpha value is -1.17. The van der Waals surface area contributed by atoms with E-state index in [-0.39, 0.29) is 55.3 Å². The first-order chi connectivity index (χ1) is 9.02. The third-order valence-electron chi connectivity index (χ3n) is 3.28. The molecule has 5 nitrogen and oxygen atoms in total. The van der Waals surface area contributed by atoms with Crippen molar-refractivity contribution in [3.05, 3.63) is 35.4 Å². The molecule has 1 aromatic carbocycles. The largest absolute Gasteiger partial charge is 1.00 e. The van der Waals surface area contributed by atoms with Gasteiger partial charge in [-0.2, -0.15) is 0 Å². The standard InChI is InChI=1S/C14H15NO4.Na.H/c1-9(5-4-8-12(16)17)15-13(18)10-6-2-3-7-11(10)14(15)19;;/h2-3,6-7,9H,4-5,8H2,1H3,(H,16,17);;/q;+1;-1. The second kappa shape index (κ2) is 7.02. The number of nitrogens with zero attached hydrogens (tertiary/aromatic N) is 1. The van der Waals surface area contributed by atoms with Crippen LogP contribution in [0.5, 0.6) is 0 Å². The minimum Gasteiger partial charge on any atom is -1.00 e. The molecule has 1 aliphatic rings. The number of carbonyl (C=O) groups excluding carboxylic acids is 2. The summed E-state index contributed by atoms with van der Waals surface area (Å²) in [6, 6.07) is 6.44. The molecule has 0 aliphatic carbocycles. The zero-order valence-corrected chi connectivity index (χ0v) is 13.6. The summed E-state index contributed by atoms with van der Waals surface area (Å²) in [7, 11) is 0. The topological polar surface area (TPSA) is 74.7 Å². The number of imide groups is 1. The van der Waals surface area contributed by atoms with E-state index >= 15 is 0 Å². The van der Waals surface area contributed by atoms with E-state index in [4.69, 9.17) is 5.11 Å². The second-order valence-electron chi connectivity index (χ2n) is 4.66. The first kappa shape index (κ1) is 16.9. The van der Waals surface area contributed by atoms with Crippen LogP contribution in [0.1, 0.15) is 48.3 Å². The number of aliphatic carboxylic acids is 1. The molecule has 1 aromatic rings. The van der Waals surface area contributed by atoms with E-state index in [1.807, 2.05) is 0 Å². The first-order valence-corrected chi connectivity index (χ1v) is 6.21. The van der Waals surface area contributed by atoms with Crippen molar-refractivity contribution in [2.45, 2.75) is 32.2 Å². The zero-order chi connectivity index (χ0) is 14.0. The summed E-state index contributed by atoms with van der Waals surface area (Å²) >= 11 is 0. The second-order valence-corrected chi connectivity index (χ2v) is 4.66. The molecule has 2 rings (SSSR count). The van der Waals surface area contributed by atoms with E-state index in [1.165, 1.54) is 4.90 Å². The Labute approximate surface area is 140 Å². The van der Waals surface area contributed by atoms with Gasteiger partial charge in [-0.25, -0.2) is 0 Å². The van der Waals surface area contributed by atoms with Gasteiger partial charge >= 0.3 is 35.5 Å². The average Bonchev–Trinajstić information content (AvgIpc) is 2.62. The van der Waals surface area contributed by atoms with Crippen LogP contribution in [0.2, 0.25) is 0 Å². The number of hydrogen-bond donors (Lipinski definition) is 1. The Balaban J connectivity index is 0.00000200. The van der Waals surface area contributed by atoms with Gasteiger partial charge in [0.25, 0.3) is 11.8 Å². The van der Waals surface area contributed by atoms with Crippen LogP contribution >= 0.6 is 0 Å². The van der Waals surface area contributed by atoms with Gasteiger partial charge in [0.1, 0.15) is 0 Å². The molecule has 0 saturated carbocycles. The number of fused-ring (bicyclic) bond motifs is 1. The van der Waals surface area contributed by atoms with Crippen molar-refractivity contribution in [1.29, 1.82) is 0 Å². The third-order valence-corrected chi connectivity index (χ3v) is 3.28. The minimum atomic E-state index is -0.866. The molecule has 1 unspecified atom stereocenters. The molecule has 0 fully saturated rings. The van der Waals surface area contributed by atoms with Crippen LogP contribution in [0, 0.1) is 0 Å². The smallest absolute Gasteiger partial charge is 1.00 e. The zero-order valence-electron chi connectivity index (χ0n) is 12.6. The fraction of sp³-hybridized carbons (Fsp3) is 0.357. The summed E-state index contributed by atoms with van der Waals surface area (Å²) in [4.78, 5) is 36.0. The minimum absolute atomic E-state index is 0. The van der Waals surface area contributed by atoms with Crippen molar-refractivity contribution in [3.8, 4) is 0 Å². The average molecular weight is 285 g/mol. The molecule has 0 bridgehead atoms. The van der Waals surface area contributed by atoms with E-state index in [0.29, 0.717) is 24.0 Å². The van der Waals surface area contributed by atoms with Gasteiger partial charge in [-0.05, 0) is 31.9 Å². The number of benzene rings is 1. The van der Waals surface area contributed by atoms with Crippen LogP contribution in [0.3, 0.4) is 0 Å². The Bertz CT molecular complexity index is 515. The predicted octanol–water partition coefficient (Wildman–Crippen LogP) is -0.957. The number of amides is 2. The van der Waals surface area contributed by atoms with Crippen LogP contribution in [0.15, 0.2) is 24.3 Å². The summed E-state index contributed by atoms with van der Waals surface area (Å²) in [5, 5.41) is 8.59. The number of rotatable bonds is 5. The van der Waals surface area contributed by atoms with Gasteiger partial charge in [-0.3, -0.25) is 19.3 Å². The van der Waals surface area contributed by atoms with Gasteiger partial charge in [0.15, 0.2) is 0 Å². The van der Waals surface area contributed by atoms with Crippen molar-refractivity contribution in [1.82, 2.24) is 4.90 Å². The van der Waals surface area contributed by atoms with Crippen molar-refractivity contribution in [3.63, 3.8) is 0 Å². The van der Waals surface area contributed by atoms with Crippen molar-refractivity contribution in [2.75, 3.05) is 0 Å². The quantitative estimate of drug-likeness (QED) is 0.559. The van der Waals surface area contributed by atoms with E-state index < -0.39 is 5.97 Å². The SMILES string of the molecule is CC(CCCC(=O)O)N1C(=O)c2ccccc2C1=O.[H-].[Na+]. The molecule has 1 heterocycles. The Kier molecular flexibility index (Phi) is 5.92. The van der Waals surface area contributed by atoms with Crippen molar-refractivity contribution < 1.29 is 50.5 Å². The molecular formula is C14H16NNaO4. The molecule has 1 N–H and O–H groups in total. The Morgan fingerprint density at radius 1 is 1.25 bits per heavy atom. The predicted molar refractivity (Wildman–Crippen MR) is 69.0 cm³/mol. The maximum atomic E-state index is 12.1. The van der Waals surface area contributed by atoms with E-state index in [2.05, 4.69) is 0 Å². The molecule has 6 heteroatoms. The Morgan fingerprint density at radius 2 is 1.75 bits per heavy atom. The number of carboxylic acid groups (broad SMARTS) is 1. The molecule has 1 atom stereocenters. The summed E-state index contributed by atoms with van der Waals surface area (Å²) in [5.41, 5.74) is 0.857.